The number of nitrogens with zero attached hydrogens (tertiary/aromatic N) is 4. The van der Waals surface area contributed by atoms with Crippen LogP contribution in [0.1, 0.15) is 24.0 Å². The topological polar surface area (TPSA) is 55.1 Å². The molecule has 0 saturated heterocycles. The summed E-state index contributed by atoms with van der Waals surface area (Å²) in [4.78, 5) is 8.08. The van der Waals surface area contributed by atoms with Crippen molar-refractivity contribution >= 4 is 28.5 Å². The van der Waals surface area contributed by atoms with E-state index in [0.29, 0.717) is 11.6 Å². The van der Waals surface area contributed by atoms with Crippen LogP contribution in [0.25, 0.3) is 11.1 Å². The van der Waals surface area contributed by atoms with Crippen LogP contribution in [-0.2, 0) is 6.54 Å². The van der Waals surface area contributed by atoms with Gasteiger partial charge in [-0.25, -0.2) is 14.5 Å². The number of anilines is 1. The molecular formula is C18H16ClN5. The maximum Gasteiger partial charge on any atom is 0.129 e. The van der Waals surface area contributed by atoms with Crippen LogP contribution < -0.4 is 5.32 Å². The number of pyridine rings is 1. The highest BCUT2D eigenvalue weighted by atomic mass is 35.5. The zero-order valence-electron chi connectivity index (χ0n) is 13.0. The van der Waals surface area contributed by atoms with E-state index in [1.54, 1.807) is 18.6 Å². The standard InChI is InChI=1S/C18H16ClN5/c19-16-11-23-24-17(16)6-15(14-4-2-1-3-5-14)7-18(24)22-10-13-8-20-12-21-9-13/h2,4-9,11-12,22H,1,3,10H2. The first-order valence-corrected chi connectivity index (χ1v) is 8.21. The third kappa shape index (κ3) is 2.90. The molecule has 120 valence electrons. The van der Waals surface area contributed by atoms with Crippen molar-refractivity contribution in [2.24, 2.45) is 0 Å². The second-order valence-electron chi connectivity index (χ2n) is 5.66. The SMILES string of the molecule is Clc1cnn2c(NCc3cncnc3)cc(C3=CCCC=C3)cc12. The zero-order valence-corrected chi connectivity index (χ0v) is 13.7. The van der Waals surface area contributed by atoms with E-state index < -0.39 is 0 Å². The Morgan fingerprint density at radius 3 is 2.79 bits per heavy atom. The third-order valence-corrected chi connectivity index (χ3v) is 4.28. The summed E-state index contributed by atoms with van der Waals surface area (Å²) in [6.07, 6.45) is 15.6. The molecule has 0 atom stereocenters. The number of hydrogen-bond acceptors (Lipinski definition) is 4. The summed E-state index contributed by atoms with van der Waals surface area (Å²) in [6, 6.07) is 4.18. The van der Waals surface area contributed by atoms with Gasteiger partial charge in [0.2, 0.25) is 0 Å². The van der Waals surface area contributed by atoms with Crippen LogP contribution in [0.4, 0.5) is 5.82 Å². The van der Waals surface area contributed by atoms with Gasteiger partial charge < -0.3 is 5.32 Å². The third-order valence-electron chi connectivity index (χ3n) is 3.99. The fraction of sp³-hybridized carbons (Fsp3) is 0.167. The van der Waals surface area contributed by atoms with Crippen LogP contribution in [0, 0.1) is 0 Å². The summed E-state index contributed by atoms with van der Waals surface area (Å²) in [5.74, 6) is 0.887. The van der Waals surface area contributed by atoms with E-state index >= 15 is 0 Å². The van der Waals surface area contributed by atoms with Gasteiger partial charge in [-0.15, -0.1) is 0 Å². The minimum absolute atomic E-state index is 0.617. The van der Waals surface area contributed by atoms with Gasteiger partial charge in [0.05, 0.1) is 16.7 Å². The first kappa shape index (κ1) is 14.9. The van der Waals surface area contributed by atoms with Crippen molar-refractivity contribution in [1.29, 1.82) is 0 Å². The Morgan fingerprint density at radius 1 is 1.12 bits per heavy atom. The molecule has 3 aromatic rings. The smallest absolute Gasteiger partial charge is 0.129 e. The van der Waals surface area contributed by atoms with Gasteiger partial charge in [-0.1, -0.05) is 29.8 Å². The summed E-state index contributed by atoms with van der Waals surface area (Å²) in [7, 11) is 0. The lowest BCUT2D eigenvalue weighted by Gasteiger charge is -2.13. The second-order valence-corrected chi connectivity index (χ2v) is 6.07. The molecule has 0 saturated carbocycles. The molecule has 24 heavy (non-hydrogen) atoms. The van der Waals surface area contributed by atoms with Gasteiger partial charge in [-0.3, -0.25) is 0 Å². The van der Waals surface area contributed by atoms with Crippen LogP contribution in [0.2, 0.25) is 5.02 Å². The lowest BCUT2D eigenvalue weighted by atomic mass is 10.00. The Morgan fingerprint density at radius 2 is 2.00 bits per heavy atom. The summed E-state index contributed by atoms with van der Waals surface area (Å²) in [6.45, 7) is 0.617. The molecule has 0 fully saturated rings. The van der Waals surface area contributed by atoms with Crippen molar-refractivity contribution in [2.45, 2.75) is 19.4 Å². The van der Waals surface area contributed by atoms with Crippen LogP contribution in [-0.4, -0.2) is 19.6 Å². The van der Waals surface area contributed by atoms with Crippen molar-refractivity contribution in [3.05, 3.63) is 71.4 Å². The lowest BCUT2D eigenvalue weighted by molar-refractivity contribution is 0.937. The van der Waals surface area contributed by atoms with Crippen molar-refractivity contribution in [3.8, 4) is 0 Å². The van der Waals surface area contributed by atoms with Crippen molar-refractivity contribution < 1.29 is 0 Å². The van der Waals surface area contributed by atoms with Gasteiger partial charge >= 0.3 is 0 Å². The molecule has 0 unspecified atom stereocenters. The van der Waals surface area contributed by atoms with Crippen molar-refractivity contribution in [3.63, 3.8) is 0 Å². The average Bonchev–Trinajstić information content (AvgIpc) is 3.02. The van der Waals surface area contributed by atoms with E-state index in [0.717, 1.165) is 35.3 Å². The summed E-state index contributed by atoms with van der Waals surface area (Å²) < 4.78 is 1.82. The van der Waals surface area contributed by atoms with Crippen LogP contribution in [0.5, 0.6) is 0 Å². The van der Waals surface area contributed by atoms with E-state index in [4.69, 9.17) is 11.6 Å². The average molecular weight is 338 g/mol. The Balaban J connectivity index is 1.73. The van der Waals surface area contributed by atoms with E-state index in [1.807, 2.05) is 4.52 Å². The monoisotopic (exact) mass is 337 g/mol. The Labute approximate surface area is 144 Å². The van der Waals surface area contributed by atoms with E-state index in [2.05, 4.69) is 50.7 Å². The largest absolute Gasteiger partial charge is 0.366 e. The van der Waals surface area contributed by atoms with Crippen LogP contribution in [0.3, 0.4) is 0 Å². The molecule has 0 radical (unpaired) electrons. The fourth-order valence-electron chi connectivity index (χ4n) is 2.79. The van der Waals surface area contributed by atoms with Gasteiger partial charge in [-0.2, -0.15) is 5.10 Å². The number of rotatable bonds is 4. The molecule has 4 rings (SSSR count). The van der Waals surface area contributed by atoms with Gasteiger partial charge in [-0.05, 0) is 36.1 Å². The maximum atomic E-state index is 6.30. The quantitative estimate of drug-likeness (QED) is 0.778. The van der Waals surface area contributed by atoms with Gasteiger partial charge in [0, 0.05) is 24.5 Å². The Bertz CT molecular complexity index is 927. The predicted molar refractivity (Wildman–Crippen MR) is 95.9 cm³/mol. The fourth-order valence-corrected chi connectivity index (χ4v) is 2.97. The summed E-state index contributed by atoms with van der Waals surface area (Å²) in [5, 5.41) is 8.42. The van der Waals surface area contributed by atoms with Crippen LogP contribution in [0.15, 0.2) is 55.3 Å². The highest BCUT2D eigenvalue weighted by Gasteiger charge is 2.11. The number of nitrogens with one attached hydrogen (secondary N) is 1. The molecule has 1 aliphatic rings. The van der Waals surface area contributed by atoms with E-state index in [9.17, 15) is 0 Å². The molecule has 0 spiro atoms. The molecule has 0 aliphatic heterocycles. The molecule has 0 amide bonds. The molecule has 1 N–H and O–H groups in total. The predicted octanol–water partition coefficient (Wildman–Crippen LogP) is 4.12. The second kappa shape index (κ2) is 6.45. The van der Waals surface area contributed by atoms with E-state index in [1.165, 1.54) is 11.9 Å². The number of fused-ring (bicyclic) bond motifs is 1. The highest BCUT2D eigenvalue weighted by Crippen LogP contribution is 2.29. The van der Waals surface area contributed by atoms with Crippen LogP contribution >= 0.6 is 11.6 Å². The van der Waals surface area contributed by atoms with Crippen molar-refractivity contribution in [1.82, 2.24) is 19.6 Å². The first-order chi connectivity index (χ1) is 11.8. The molecule has 3 heterocycles. The normalized spacial score (nSPS) is 14.0. The molecule has 0 bridgehead atoms. The molecule has 1 aliphatic carbocycles. The molecule has 5 nitrogen and oxygen atoms in total. The number of aromatic nitrogens is 4. The molecule has 0 aromatic carbocycles. The zero-order chi connectivity index (χ0) is 16.4. The summed E-state index contributed by atoms with van der Waals surface area (Å²) >= 11 is 6.30. The minimum Gasteiger partial charge on any atom is -0.366 e. The molecule has 6 heteroatoms. The number of hydrogen-bond donors (Lipinski definition) is 1. The Hall–Kier alpha value is -2.66. The highest BCUT2D eigenvalue weighted by molar-refractivity contribution is 6.33. The molecule has 3 aromatic heterocycles. The minimum atomic E-state index is 0.617. The first-order valence-electron chi connectivity index (χ1n) is 7.83. The molecular weight excluding hydrogens is 322 g/mol. The van der Waals surface area contributed by atoms with Gasteiger partial charge in [0.1, 0.15) is 12.1 Å². The lowest BCUT2D eigenvalue weighted by Crippen LogP contribution is -2.06. The number of allylic oxidation sites excluding steroid dienone is 4. The Kier molecular flexibility index (Phi) is 4.01. The summed E-state index contributed by atoms with van der Waals surface area (Å²) in [5.41, 5.74) is 4.24. The van der Waals surface area contributed by atoms with Gasteiger partial charge in [0.15, 0.2) is 0 Å². The maximum absolute atomic E-state index is 6.30. The van der Waals surface area contributed by atoms with Gasteiger partial charge in [0.25, 0.3) is 0 Å². The van der Waals surface area contributed by atoms with Crippen molar-refractivity contribution in [2.75, 3.05) is 5.32 Å². The number of halogens is 1. The van der Waals surface area contributed by atoms with E-state index in [-0.39, 0.29) is 0 Å².